The van der Waals surface area contributed by atoms with Gasteiger partial charge in [-0.25, -0.2) is 4.39 Å². The van der Waals surface area contributed by atoms with E-state index in [1.807, 2.05) is 6.07 Å². The van der Waals surface area contributed by atoms with Crippen LogP contribution < -0.4 is 10.6 Å². The quantitative estimate of drug-likeness (QED) is 0.570. The highest BCUT2D eigenvalue weighted by molar-refractivity contribution is 5.51. The molecule has 1 aliphatic carbocycles. The van der Waals surface area contributed by atoms with Gasteiger partial charge in [-0.1, -0.05) is 5.57 Å². The number of hydrogen-bond acceptors (Lipinski definition) is 0. The maximum atomic E-state index is 13.1. The highest BCUT2D eigenvalue weighted by Gasteiger charge is 2.07. The molecule has 0 spiro atoms. The molecule has 1 nitrogen and oxygen atoms in total. The lowest BCUT2D eigenvalue weighted by Crippen LogP contribution is -2.28. The van der Waals surface area contributed by atoms with E-state index in [0.717, 1.165) is 11.6 Å². The molecular formula is C9H10FN. The SMILES string of the molecule is CC1=c2cc[nH]c2=C(F)CC1. The first-order valence-corrected chi connectivity index (χ1v) is 3.81. The van der Waals surface area contributed by atoms with Gasteiger partial charge in [0.1, 0.15) is 5.83 Å². The first kappa shape index (κ1) is 6.65. The van der Waals surface area contributed by atoms with Crippen LogP contribution in [0.3, 0.4) is 0 Å². The van der Waals surface area contributed by atoms with Crippen LogP contribution in [0.4, 0.5) is 4.39 Å². The van der Waals surface area contributed by atoms with Crippen molar-refractivity contribution in [2.45, 2.75) is 19.8 Å². The van der Waals surface area contributed by atoms with Crippen molar-refractivity contribution >= 4 is 11.4 Å². The van der Waals surface area contributed by atoms with Crippen molar-refractivity contribution < 1.29 is 4.39 Å². The molecule has 11 heavy (non-hydrogen) atoms. The normalized spacial score (nSPS) is 16.9. The van der Waals surface area contributed by atoms with E-state index in [9.17, 15) is 4.39 Å². The molecule has 0 aromatic carbocycles. The lowest BCUT2D eigenvalue weighted by molar-refractivity contribution is 0.688. The second kappa shape index (κ2) is 2.22. The first-order chi connectivity index (χ1) is 5.29. The number of aromatic amines is 1. The number of nitrogens with one attached hydrogen (secondary N) is 1. The fourth-order valence-electron chi connectivity index (χ4n) is 1.51. The molecule has 58 valence electrons. The summed E-state index contributed by atoms with van der Waals surface area (Å²) in [5.41, 5.74) is 1.28. The van der Waals surface area contributed by atoms with Crippen molar-refractivity contribution in [3.8, 4) is 0 Å². The summed E-state index contributed by atoms with van der Waals surface area (Å²) < 4.78 is 13.1. The van der Waals surface area contributed by atoms with Crippen LogP contribution in [0.2, 0.25) is 0 Å². The summed E-state index contributed by atoms with van der Waals surface area (Å²) in [7, 11) is 0. The molecule has 1 aromatic heterocycles. The Morgan fingerprint density at radius 3 is 3.00 bits per heavy atom. The molecule has 0 unspecified atom stereocenters. The Bertz CT molecular complexity index is 349. The molecule has 1 heterocycles. The highest BCUT2D eigenvalue weighted by Crippen LogP contribution is 2.13. The van der Waals surface area contributed by atoms with Gasteiger partial charge in [-0.15, -0.1) is 0 Å². The second-order valence-electron chi connectivity index (χ2n) is 2.95. The third-order valence-corrected chi connectivity index (χ3v) is 2.20. The van der Waals surface area contributed by atoms with Gasteiger partial charge in [0.25, 0.3) is 0 Å². The monoisotopic (exact) mass is 151 g/mol. The van der Waals surface area contributed by atoms with E-state index in [4.69, 9.17) is 0 Å². The van der Waals surface area contributed by atoms with Gasteiger partial charge >= 0.3 is 0 Å². The van der Waals surface area contributed by atoms with E-state index in [-0.39, 0.29) is 5.83 Å². The molecule has 1 N–H and O–H groups in total. The van der Waals surface area contributed by atoms with Gasteiger partial charge in [0.15, 0.2) is 0 Å². The fraction of sp³-hybridized carbons (Fsp3) is 0.333. The molecule has 2 heteroatoms. The third-order valence-electron chi connectivity index (χ3n) is 2.20. The van der Waals surface area contributed by atoms with Gasteiger partial charge in [0.2, 0.25) is 0 Å². The Balaban J connectivity index is 2.95. The molecule has 2 rings (SSSR count). The maximum Gasteiger partial charge on any atom is 0.124 e. The summed E-state index contributed by atoms with van der Waals surface area (Å²) in [6.45, 7) is 2.05. The Hall–Kier alpha value is -1.05. The van der Waals surface area contributed by atoms with Crippen LogP contribution in [-0.4, -0.2) is 4.98 Å². The van der Waals surface area contributed by atoms with Crippen molar-refractivity contribution in [2.24, 2.45) is 0 Å². The average molecular weight is 151 g/mol. The van der Waals surface area contributed by atoms with Crippen LogP contribution in [0.5, 0.6) is 0 Å². The van der Waals surface area contributed by atoms with Gasteiger partial charge < -0.3 is 4.98 Å². The van der Waals surface area contributed by atoms with Crippen molar-refractivity contribution in [3.63, 3.8) is 0 Å². The van der Waals surface area contributed by atoms with Crippen LogP contribution in [0, 0.1) is 0 Å². The molecule has 0 atom stereocenters. The molecule has 0 fully saturated rings. The Kier molecular flexibility index (Phi) is 1.34. The molecule has 0 radical (unpaired) electrons. The van der Waals surface area contributed by atoms with E-state index >= 15 is 0 Å². The standard InChI is InChI=1S/C9H10FN/c1-6-2-3-8(10)9-7(6)4-5-11-9/h4-5,11H,2-3H2,1H3. The Labute approximate surface area is 64.2 Å². The number of halogens is 1. The summed E-state index contributed by atoms with van der Waals surface area (Å²) in [6, 6.07) is 1.93. The molecule has 0 saturated carbocycles. The van der Waals surface area contributed by atoms with E-state index < -0.39 is 0 Å². The van der Waals surface area contributed by atoms with Crippen LogP contribution in [0.15, 0.2) is 12.3 Å². The number of rotatable bonds is 0. The number of hydrogen-bond donors (Lipinski definition) is 1. The van der Waals surface area contributed by atoms with Crippen molar-refractivity contribution in [2.75, 3.05) is 0 Å². The average Bonchev–Trinajstić information content (AvgIpc) is 2.45. The zero-order valence-electron chi connectivity index (χ0n) is 6.45. The Morgan fingerprint density at radius 1 is 1.45 bits per heavy atom. The number of H-pyrrole nitrogens is 1. The lowest BCUT2D eigenvalue weighted by Gasteiger charge is -2.03. The van der Waals surface area contributed by atoms with E-state index in [0.29, 0.717) is 11.8 Å². The summed E-state index contributed by atoms with van der Waals surface area (Å²) in [5, 5.41) is 1.74. The summed E-state index contributed by atoms with van der Waals surface area (Å²) >= 11 is 0. The number of aromatic nitrogens is 1. The largest absolute Gasteiger partial charge is 0.359 e. The minimum absolute atomic E-state index is 0.00407. The predicted molar refractivity (Wildman–Crippen MR) is 42.9 cm³/mol. The van der Waals surface area contributed by atoms with Crippen molar-refractivity contribution in [3.05, 3.63) is 22.8 Å². The summed E-state index contributed by atoms with van der Waals surface area (Å²) in [4.78, 5) is 2.90. The minimum Gasteiger partial charge on any atom is -0.359 e. The first-order valence-electron chi connectivity index (χ1n) is 3.81. The fourth-order valence-corrected chi connectivity index (χ4v) is 1.51. The van der Waals surface area contributed by atoms with Gasteiger partial charge in [0, 0.05) is 17.8 Å². The van der Waals surface area contributed by atoms with E-state index in [1.165, 1.54) is 5.57 Å². The molecule has 0 saturated heterocycles. The lowest BCUT2D eigenvalue weighted by atomic mass is 10.0. The van der Waals surface area contributed by atoms with E-state index in [1.54, 1.807) is 6.20 Å². The zero-order valence-corrected chi connectivity index (χ0v) is 6.45. The van der Waals surface area contributed by atoms with E-state index in [2.05, 4.69) is 11.9 Å². The summed E-state index contributed by atoms with van der Waals surface area (Å²) in [5.74, 6) is -0.00407. The second-order valence-corrected chi connectivity index (χ2v) is 2.95. The van der Waals surface area contributed by atoms with Crippen molar-refractivity contribution in [1.29, 1.82) is 0 Å². The predicted octanol–water partition coefficient (Wildman–Crippen LogP) is 1.06. The van der Waals surface area contributed by atoms with Crippen molar-refractivity contribution in [1.82, 2.24) is 4.98 Å². The highest BCUT2D eigenvalue weighted by atomic mass is 19.1. The molecule has 0 bridgehead atoms. The van der Waals surface area contributed by atoms with Gasteiger partial charge in [0.05, 0.1) is 5.35 Å². The van der Waals surface area contributed by atoms with Gasteiger partial charge in [-0.2, -0.15) is 0 Å². The Morgan fingerprint density at radius 2 is 2.27 bits per heavy atom. The molecular weight excluding hydrogens is 141 g/mol. The smallest absolute Gasteiger partial charge is 0.124 e. The molecule has 0 amide bonds. The molecule has 1 aliphatic rings. The topological polar surface area (TPSA) is 15.8 Å². The van der Waals surface area contributed by atoms with Crippen LogP contribution in [0.1, 0.15) is 19.8 Å². The maximum absolute atomic E-state index is 13.1. The van der Waals surface area contributed by atoms with Gasteiger partial charge in [-0.3, -0.25) is 0 Å². The van der Waals surface area contributed by atoms with Crippen LogP contribution >= 0.6 is 0 Å². The zero-order chi connectivity index (χ0) is 7.84. The minimum atomic E-state index is -0.00407. The number of fused-ring (bicyclic) bond motifs is 1. The van der Waals surface area contributed by atoms with Gasteiger partial charge in [-0.05, 0) is 19.4 Å². The summed E-state index contributed by atoms with van der Waals surface area (Å²) in [6.07, 6.45) is 3.20. The van der Waals surface area contributed by atoms with Crippen LogP contribution in [-0.2, 0) is 0 Å². The molecule has 1 aromatic rings. The van der Waals surface area contributed by atoms with Crippen LogP contribution in [0.25, 0.3) is 11.4 Å². The molecule has 0 aliphatic heterocycles. The third kappa shape index (κ3) is 0.897.